The van der Waals surface area contributed by atoms with Crippen LogP contribution in [0.4, 0.5) is 4.39 Å². The van der Waals surface area contributed by atoms with Crippen LogP contribution in [0.2, 0.25) is 0 Å². The van der Waals surface area contributed by atoms with E-state index in [4.69, 9.17) is 4.98 Å². The number of nitrogens with one attached hydrogen (secondary N) is 1. The molecule has 1 aliphatic heterocycles. The van der Waals surface area contributed by atoms with Crippen LogP contribution in [0.3, 0.4) is 0 Å². The van der Waals surface area contributed by atoms with Crippen molar-refractivity contribution in [2.75, 3.05) is 6.54 Å². The van der Waals surface area contributed by atoms with Crippen molar-refractivity contribution in [3.8, 4) is 5.69 Å². The summed E-state index contributed by atoms with van der Waals surface area (Å²) in [6.07, 6.45) is 8.66. The Balaban J connectivity index is 1.32. The molecule has 0 saturated heterocycles. The zero-order chi connectivity index (χ0) is 21.4. The average Bonchev–Trinajstić information content (AvgIpc) is 3.15. The minimum atomic E-state index is -0.258. The summed E-state index contributed by atoms with van der Waals surface area (Å²) in [6.45, 7) is 4.21. The number of rotatable bonds is 4. The van der Waals surface area contributed by atoms with Crippen molar-refractivity contribution in [1.82, 2.24) is 24.6 Å². The first-order valence-corrected chi connectivity index (χ1v) is 11.2. The van der Waals surface area contributed by atoms with Crippen molar-refractivity contribution in [2.45, 2.75) is 64.5 Å². The Hall–Kier alpha value is -2.80. The van der Waals surface area contributed by atoms with Gasteiger partial charge in [-0.2, -0.15) is 5.10 Å². The third-order valence-corrected chi connectivity index (χ3v) is 6.73. The summed E-state index contributed by atoms with van der Waals surface area (Å²) >= 11 is 0. The average molecular weight is 422 g/mol. The Morgan fingerprint density at radius 2 is 1.94 bits per heavy atom. The lowest BCUT2D eigenvalue weighted by molar-refractivity contribution is 0.240. The highest BCUT2D eigenvalue weighted by atomic mass is 19.1. The number of fused-ring (bicyclic) bond motifs is 1. The largest absolute Gasteiger partial charge is 0.310 e. The topological polar surface area (TPSA) is 66.8 Å². The summed E-state index contributed by atoms with van der Waals surface area (Å²) in [6, 6.07) is 6.34. The van der Waals surface area contributed by atoms with E-state index in [0.717, 1.165) is 66.4 Å². The highest BCUT2D eigenvalue weighted by Crippen LogP contribution is 2.31. The summed E-state index contributed by atoms with van der Waals surface area (Å²) < 4.78 is 15.1. The van der Waals surface area contributed by atoms with Crippen molar-refractivity contribution in [1.29, 1.82) is 0 Å². The highest BCUT2D eigenvalue weighted by Gasteiger charge is 2.25. The molecule has 1 saturated carbocycles. The Kier molecular flexibility index (Phi) is 5.44. The van der Waals surface area contributed by atoms with Gasteiger partial charge in [-0.05, 0) is 44.0 Å². The standard InChI is InChI=1S/C24H28FN5O/c1-16-18(13-26-30(16)20-9-7-19(25)8-10-20)14-29-12-11-22-21(15-29)24(31)28-23(27-22)17-5-3-2-4-6-17/h7-10,13,17H,2-6,11-12,14-15H2,1H3,(H,27,28,31). The van der Waals surface area contributed by atoms with Gasteiger partial charge in [0, 0.05) is 43.2 Å². The van der Waals surface area contributed by atoms with Crippen LogP contribution in [-0.2, 0) is 19.5 Å². The Labute approximate surface area is 181 Å². The number of aromatic amines is 1. The number of benzene rings is 1. The first-order valence-electron chi connectivity index (χ1n) is 11.2. The maximum Gasteiger partial charge on any atom is 0.255 e. The molecule has 0 unspecified atom stereocenters. The van der Waals surface area contributed by atoms with Crippen molar-refractivity contribution in [3.63, 3.8) is 0 Å². The van der Waals surface area contributed by atoms with Crippen LogP contribution in [0.25, 0.3) is 5.69 Å². The van der Waals surface area contributed by atoms with Gasteiger partial charge < -0.3 is 4.98 Å². The third kappa shape index (κ3) is 4.06. The SMILES string of the molecule is Cc1c(CN2CCc3nc(C4CCCCC4)[nH]c(=O)c3C2)cnn1-c1ccc(F)cc1. The van der Waals surface area contributed by atoms with Gasteiger partial charge in [-0.3, -0.25) is 9.69 Å². The molecule has 0 atom stereocenters. The minimum absolute atomic E-state index is 0.0222. The fraction of sp³-hybridized carbons (Fsp3) is 0.458. The van der Waals surface area contributed by atoms with E-state index in [0.29, 0.717) is 12.5 Å². The van der Waals surface area contributed by atoms with E-state index in [-0.39, 0.29) is 11.4 Å². The Morgan fingerprint density at radius 3 is 2.71 bits per heavy atom. The van der Waals surface area contributed by atoms with Crippen LogP contribution in [0.1, 0.15) is 66.4 Å². The molecule has 0 bridgehead atoms. The van der Waals surface area contributed by atoms with Crippen LogP contribution in [-0.4, -0.2) is 31.2 Å². The normalized spacial score (nSPS) is 17.6. The molecule has 0 amide bonds. The first kappa shape index (κ1) is 20.1. The predicted molar refractivity (Wildman–Crippen MR) is 117 cm³/mol. The van der Waals surface area contributed by atoms with Crippen LogP contribution >= 0.6 is 0 Å². The summed E-state index contributed by atoms with van der Waals surface area (Å²) in [7, 11) is 0. The van der Waals surface area contributed by atoms with E-state index in [1.54, 1.807) is 12.1 Å². The number of aromatic nitrogens is 4. The number of nitrogens with zero attached hydrogens (tertiary/aromatic N) is 4. The first-order chi connectivity index (χ1) is 15.1. The molecular formula is C24H28FN5O. The van der Waals surface area contributed by atoms with E-state index in [1.807, 2.05) is 17.8 Å². The minimum Gasteiger partial charge on any atom is -0.310 e. The molecule has 2 aliphatic rings. The summed E-state index contributed by atoms with van der Waals surface area (Å²) in [5.41, 5.74) is 4.76. The molecule has 3 aromatic rings. The Bertz CT molecular complexity index is 1130. The van der Waals surface area contributed by atoms with Crippen molar-refractivity contribution in [2.24, 2.45) is 0 Å². The molecule has 2 aromatic heterocycles. The van der Waals surface area contributed by atoms with Gasteiger partial charge in [0.2, 0.25) is 0 Å². The van der Waals surface area contributed by atoms with E-state index < -0.39 is 0 Å². The molecule has 7 heteroatoms. The van der Waals surface area contributed by atoms with Gasteiger partial charge in [0.15, 0.2) is 0 Å². The summed E-state index contributed by atoms with van der Waals surface area (Å²) in [5.74, 6) is 1.05. The highest BCUT2D eigenvalue weighted by molar-refractivity contribution is 5.35. The van der Waals surface area contributed by atoms with Gasteiger partial charge in [-0.25, -0.2) is 14.1 Å². The number of halogens is 1. The molecule has 1 aliphatic carbocycles. The maximum atomic E-state index is 13.2. The molecule has 6 nitrogen and oxygen atoms in total. The van der Waals surface area contributed by atoms with Crippen molar-refractivity contribution < 1.29 is 4.39 Å². The van der Waals surface area contributed by atoms with Gasteiger partial charge in [0.1, 0.15) is 11.6 Å². The fourth-order valence-electron chi connectivity index (χ4n) is 4.89. The van der Waals surface area contributed by atoms with Crippen LogP contribution in [0, 0.1) is 12.7 Å². The van der Waals surface area contributed by atoms with E-state index in [2.05, 4.69) is 15.0 Å². The quantitative estimate of drug-likeness (QED) is 0.691. The molecule has 0 radical (unpaired) electrons. The van der Waals surface area contributed by atoms with Gasteiger partial charge in [-0.15, -0.1) is 0 Å². The Morgan fingerprint density at radius 1 is 1.16 bits per heavy atom. The number of H-pyrrole nitrogens is 1. The monoisotopic (exact) mass is 421 g/mol. The second-order valence-corrected chi connectivity index (χ2v) is 8.82. The number of hydrogen-bond acceptors (Lipinski definition) is 4. The molecule has 3 heterocycles. The smallest absolute Gasteiger partial charge is 0.255 e. The summed E-state index contributed by atoms with van der Waals surface area (Å²) in [5, 5.41) is 4.49. The van der Waals surface area contributed by atoms with Gasteiger partial charge >= 0.3 is 0 Å². The lowest BCUT2D eigenvalue weighted by Crippen LogP contribution is -2.36. The van der Waals surface area contributed by atoms with Crippen LogP contribution in [0.15, 0.2) is 35.3 Å². The zero-order valence-corrected chi connectivity index (χ0v) is 17.9. The second kappa shape index (κ2) is 8.38. The molecule has 162 valence electrons. The molecule has 31 heavy (non-hydrogen) atoms. The van der Waals surface area contributed by atoms with Crippen molar-refractivity contribution in [3.05, 3.63) is 75.0 Å². The molecule has 1 aromatic carbocycles. The molecule has 1 N–H and O–H groups in total. The van der Waals surface area contributed by atoms with E-state index >= 15 is 0 Å². The van der Waals surface area contributed by atoms with E-state index in [9.17, 15) is 9.18 Å². The second-order valence-electron chi connectivity index (χ2n) is 8.82. The molecule has 5 rings (SSSR count). The van der Waals surface area contributed by atoms with Gasteiger partial charge in [0.05, 0.1) is 23.1 Å². The molecule has 1 fully saturated rings. The third-order valence-electron chi connectivity index (χ3n) is 6.73. The van der Waals surface area contributed by atoms with Gasteiger partial charge in [0.25, 0.3) is 5.56 Å². The molecular weight excluding hydrogens is 393 g/mol. The number of hydrogen-bond donors (Lipinski definition) is 1. The maximum absolute atomic E-state index is 13.2. The van der Waals surface area contributed by atoms with Crippen LogP contribution in [0.5, 0.6) is 0 Å². The fourth-order valence-corrected chi connectivity index (χ4v) is 4.89. The van der Waals surface area contributed by atoms with E-state index in [1.165, 1.54) is 31.4 Å². The van der Waals surface area contributed by atoms with Crippen LogP contribution < -0.4 is 5.56 Å². The zero-order valence-electron chi connectivity index (χ0n) is 17.9. The predicted octanol–water partition coefficient (Wildman–Crippen LogP) is 4.01. The molecule has 0 spiro atoms. The lowest BCUT2D eigenvalue weighted by Gasteiger charge is -2.28. The van der Waals surface area contributed by atoms with Crippen molar-refractivity contribution >= 4 is 0 Å². The lowest BCUT2D eigenvalue weighted by atomic mass is 9.88. The van der Waals surface area contributed by atoms with Gasteiger partial charge in [-0.1, -0.05) is 19.3 Å². The summed E-state index contributed by atoms with van der Waals surface area (Å²) in [4.78, 5) is 23.1.